The second-order valence-corrected chi connectivity index (χ2v) is 5.49. The molecular weight excluding hydrogens is 268 g/mol. The second kappa shape index (κ2) is 5.19. The Kier molecular flexibility index (Phi) is 3.05. The molecule has 0 fully saturated rings. The van der Waals surface area contributed by atoms with Crippen LogP contribution in [0.2, 0.25) is 0 Å². The number of fused-ring (bicyclic) bond motifs is 3. The minimum Gasteiger partial charge on any atom is -0.457 e. The molecule has 0 saturated carbocycles. The van der Waals surface area contributed by atoms with Crippen LogP contribution in [-0.2, 0) is 6.42 Å². The Hall–Kier alpha value is -2.80. The van der Waals surface area contributed by atoms with Gasteiger partial charge in [0, 0.05) is 12.0 Å². The zero-order chi connectivity index (χ0) is 14.9. The van der Waals surface area contributed by atoms with Gasteiger partial charge in [-0.25, -0.2) is 0 Å². The first-order valence-electron chi connectivity index (χ1n) is 7.46. The molecule has 0 saturated heterocycles. The number of rotatable bonds is 3. The van der Waals surface area contributed by atoms with Crippen LogP contribution in [0.5, 0.6) is 11.5 Å². The van der Waals surface area contributed by atoms with Crippen molar-refractivity contribution in [3.8, 4) is 22.6 Å². The second-order valence-electron chi connectivity index (χ2n) is 5.49. The molecular formula is C21H16O. The maximum absolute atomic E-state index is 6.12. The predicted octanol–water partition coefficient (Wildman–Crippen LogP) is 5.69. The van der Waals surface area contributed by atoms with E-state index in [1.54, 1.807) is 0 Å². The van der Waals surface area contributed by atoms with E-state index in [9.17, 15) is 0 Å². The third-order valence-corrected chi connectivity index (χ3v) is 4.15. The molecule has 0 aliphatic heterocycles. The summed E-state index contributed by atoms with van der Waals surface area (Å²) >= 11 is 0. The van der Waals surface area contributed by atoms with Crippen LogP contribution in [0.15, 0.2) is 73.3 Å². The van der Waals surface area contributed by atoms with Crippen LogP contribution in [0.25, 0.3) is 17.2 Å². The van der Waals surface area contributed by atoms with Crippen LogP contribution in [0.4, 0.5) is 0 Å². The first-order valence-corrected chi connectivity index (χ1v) is 7.46. The van der Waals surface area contributed by atoms with Gasteiger partial charge in [0.05, 0.1) is 0 Å². The molecule has 0 radical (unpaired) electrons. The van der Waals surface area contributed by atoms with Gasteiger partial charge in [-0.3, -0.25) is 0 Å². The van der Waals surface area contributed by atoms with Gasteiger partial charge in [0.25, 0.3) is 0 Å². The van der Waals surface area contributed by atoms with E-state index in [-0.39, 0.29) is 0 Å². The molecule has 0 aromatic heterocycles. The molecule has 3 aromatic rings. The number of ether oxygens (including phenoxy) is 1. The van der Waals surface area contributed by atoms with Crippen molar-refractivity contribution in [2.75, 3.05) is 0 Å². The molecule has 0 amide bonds. The van der Waals surface area contributed by atoms with Crippen LogP contribution in [-0.4, -0.2) is 0 Å². The quantitative estimate of drug-likeness (QED) is 0.469. The van der Waals surface area contributed by atoms with E-state index in [4.69, 9.17) is 4.74 Å². The lowest BCUT2D eigenvalue weighted by Crippen LogP contribution is -1.90. The van der Waals surface area contributed by atoms with Gasteiger partial charge in [-0.05, 0) is 40.5 Å². The zero-order valence-corrected chi connectivity index (χ0v) is 12.3. The molecule has 3 aromatic carbocycles. The maximum atomic E-state index is 6.12. The predicted molar refractivity (Wildman–Crippen MR) is 91.3 cm³/mol. The Balaban J connectivity index is 1.71. The highest BCUT2D eigenvalue weighted by Gasteiger charge is 2.21. The summed E-state index contributed by atoms with van der Waals surface area (Å²) < 4.78 is 6.12. The first kappa shape index (κ1) is 12.9. The fourth-order valence-corrected chi connectivity index (χ4v) is 3.02. The smallest absolute Gasteiger partial charge is 0.131 e. The van der Waals surface area contributed by atoms with Crippen LogP contribution in [0.1, 0.15) is 16.7 Å². The van der Waals surface area contributed by atoms with Crippen molar-refractivity contribution in [1.29, 1.82) is 0 Å². The summed E-state index contributed by atoms with van der Waals surface area (Å²) in [6.45, 7) is 3.77. The maximum Gasteiger partial charge on any atom is 0.131 e. The molecule has 4 rings (SSSR count). The van der Waals surface area contributed by atoms with E-state index >= 15 is 0 Å². The molecule has 0 bridgehead atoms. The monoisotopic (exact) mass is 284 g/mol. The van der Waals surface area contributed by atoms with E-state index in [1.807, 2.05) is 36.4 Å². The van der Waals surface area contributed by atoms with Gasteiger partial charge >= 0.3 is 0 Å². The lowest BCUT2D eigenvalue weighted by Gasteiger charge is -2.10. The fraction of sp³-hybridized carbons (Fsp3) is 0.0476. The van der Waals surface area contributed by atoms with Gasteiger partial charge in [-0.1, -0.05) is 61.2 Å². The topological polar surface area (TPSA) is 9.23 Å². The van der Waals surface area contributed by atoms with E-state index < -0.39 is 0 Å². The SMILES string of the molecule is C=Cc1ccc(Oc2cccc3c2Cc2ccccc2-3)cc1. The molecule has 0 heterocycles. The standard InChI is InChI=1S/C21H16O/c1-2-15-10-12-17(13-11-15)22-21-9-5-8-19-18-7-4-3-6-16(18)14-20(19)21/h2-13H,1,14H2. The molecule has 1 aliphatic carbocycles. The van der Waals surface area contributed by atoms with Crippen molar-refractivity contribution in [2.24, 2.45) is 0 Å². The normalized spacial score (nSPS) is 11.6. The highest BCUT2D eigenvalue weighted by atomic mass is 16.5. The van der Waals surface area contributed by atoms with Gasteiger partial charge in [-0.2, -0.15) is 0 Å². The van der Waals surface area contributed by atoms with Gasteiger partial charge in [0.1, 0.15) is 11.5 Å². The van der Waals surface area contributed by atoms with E-state index in [1.165, 1.54) is 22.3 Å². The Labute approximate surface area is 130 Å². The Morgan fingerprint density at radius 1 is 0.818 bits per heavy atom. The van der Waals surface area contributed by atoms with Crippen LogP contribution < -0.4 is 4.74 Å². The summed E-state index contributed by atoms with van der Waals surface area (Å²) in [6, 6.07) is 22.9. The van der Waals surface area contributed by atoms with Crippen molar-refractivity contribution in [1.82, 2.24) is 0 Å². The van der Waals surface area contributed by atoms with Gasteiger partial charge in [0.2, 0.25) is 0 Å². The van der Waals surface area contributed by atoms with Gasteiger partial charge < -0.3 is 4.74 Å². The van der Waals surface area contributed by atoms with Crippen molar-refractivity contribution in [3.05, 3.63) is 90.0 Å². The summed E-state index contributed by atoms with van der Waals surface area (Å²) in [6.07, 6.45) is 2.77. The lowest BCUT2D eigenvalue weighted by atomic mass is 10.1. The van der Waals surface area contributed by atoms with Crippen molar-refractivity contribution >= 4 is 6.08 Å². The molecule has 0 atom stereocenters. The van der Waals surface area contributed by atoms with E-state index in [2.05, 4.69) is 43.0 Å². The Morgan fingerprint density at radius 2 is 1.59 bits per heavy atom. The lowest BCUT2D eigenvalue weighted by molar-refractivity contribution is 0.478. The minimum absolute atomic E-state index is 0.856. The molecule has 106 valence electrons. The molecule has 0 unspecified atom stereocenters. The summed E-state index contributed by atoms with van der Waals surface area (Å²) in [4.78, 5) is 0. The van der Waals surface area contributed by atoms with Crippen LogP contribution in [0.3, 0.4) is 0 Å². The largest absolute Gasteiger partial charge is 0.457 e. The van der Waals surface area contributed by atoms with Crippen molar-refractivity contribution < 1.29 is 4.74 Å². The highest BCUT2D eigenvalue weighted by Crippen LogP contribution is 2.42. The fourth-order valence-electron chi connectivity index (χ4n) is 3.02. The summed E-state index contributed by atoms with van der Waals surface area (Å²) in [5.74, 6) is 1.80. The zero-order valence-electron chi connectivity index (χ0n) is 12.3. The van der Waals surface area contributed by atoms with Crippen molar-refractivity contribution in [2.45, 2.75) is 6.42 Å². The summed E-state index contributed by atoms with van der Waals surface area (Å²) in [5, 5.41) is 0. The number of hydrogen-bond acceptors (Lipinski definition) is 1. The average molecular weight is 284 g/mol. The summed E-state index contributed by atoms with van der Waals surface area (Å²) in [7, 11) is 0. The Morgan fingerprint density at radius 3 is 2.41 bits per heavy atom. The minimum atomic E-state index is 0.856. The Bertz CT molecular complexity index is 844. The highest BCUT2D eigenvalue weighted by molar-refractivity contribution is 5.79. The van der Waals surface area contributed by atoms with E-state index in [0.29, 0.717) is 0 Å². The van der Waals surface area contributed by atoms with E-state index in [0.717, 1.165) is 23.5 Å². The molecule has 1 aliphatic rings. The third-order valence-electron chi connectivity index (χ3n) is 4.15. The summed E-state index contributed by atoms with van der Waals surface area (Å²) in [5.41, 5.74) is 6.35. The van der Waals surface area contributed by atoms with Gasteiger partial charge in [-0.15, -0.1) is 0 Å². The van der Waals surface area contributed by atoms with Gasteiger partial charge in [0.15, 0.2) is 0 Å². The molecule has 0 spiro atoms. The number of hydrogen-bond donors (Lipinski definition) is 0. The molecule has 1 heteroatoms. The molecule has 22 heavy (non-hydrogen) atoms. The van der Waals surface area contributed by atoms with Crippen LogP contribution >= 0.6 is 0 Å². The average Bonchev–Trinajstić information content (AvgIpc) is 2.95. The van der Waals surface area contributed by atoms with Crippen LogP contribution in [0, 0.1) is 0 Å². The molecule has 1 nitrogen and oxygen atoms in total. The molecule has 0 N–H and O–H groups in total. The third kappa shape index (κ3) is 2.11. The van der Waals surface area contributed by atoms with Crippen molar-refractivity contribution in [3.63, 3.8) is 0 Å². The number of benzene rings is 3. The first-order chi connectivity index (χ1) is 10.8.